The fourth-order valence-electron chi connectivity index (χ4n) is 9.25. The molecule has 424 valence electrons. The molecule has 0 bridgehead atoms. The van der Waals surface area contributed by atoms with Crippen molar-refractivity contribution in [3.05, 3.63) is 120 Å². The van der Waals surface area contributed by atoms with Gasteiger partial charge in [-0.15, -0.1) is 0 Å². The summed E-state index contributed by atoms with van der Waals surface area (Å²) in [6.45, 7) is 7.00. The molecule has 1 aromatic heterocycles. The highest BCUT2D eigenvalue weighted by Gasteiger charge is 2.41. The molecule has 9 N–H and O–H groups in total. The SMILES string of the molecule is CC[C@H](C)[C@@H]1NC(=O)[C@H](Cc2ccc(O)cc2)NC(=O)[C@H](C(C)C)NC(=O)[C@@H](NC(=O)OCc2ccccc2)CCCCNC(=O)CC[C@@H](C(=O)OCc2ccccc2)NC(=O)[C@@H]2CCCN2C(=O)[C@H](Cc2cnc[nH]2)NC1=O. The van der Waals surface area contributed by atoms with Crippen molar-refractivity contribution < 1.29 is 57.7 Å². The zero-order valence-electron chi connectivity index (χ0n) is 45.2. The molecular formula is C57H74N10O12. The predicted octanol–water partition coefficient (Wildman–Crippen LogP) is 3.14. The number of aromatic hydroxyl groups is 1. The molecule has 0 spiro atoms. The average Bonchev–Trinajstić information content (AvgIpc) is 4.18. The van der Waals surface area contributed by atoms with Gasteiger partial charge in [0, 0.05) is 44.2 Å². The molecule has 2 aliphatic heterocycles. The Kier molecular flexibility index (Phi) is 22.8. The van der Waals surface area contributed by atoms with E-state index in [-0.39, 0.29) is 70.6 Å². The van der Waals surface area contributed by atoms with Gasteiger partial charge in [-0.05, 0) is 79.2 Å². The zero-order valence-corrected chi connectivity index (χ0v) is 45.2. The number of aromatic nitrogens is 2. The van der Waals surface area contributed by atoms with Crippen LogP contribution in [0.3, 0.4) is 0 Å². The third-order valence-electron chi connectivity index (χ3n) is 14.0. The molecule has 3 aromatic carbocycles. The van der Waals surface area contributed by atoms with Crippen molar-refractivity contribution in [3.8, 4) is 5.75 Å². The summed E-state index contributed by atoms with van der Waals surface area (Å²) in [6, 6.07) is 15.0. The van der Waals surface area contributed by atoms with Gasteiger partial charge in [-0.3, -0.25) is 33.6 Å². The van der Waals surface area contributed by atoms with Crippen molar-refractivity contribution in [1.29, 1.82) is 0 Å². The van der Waals surface area contributed by atoms with E-state index in [1.54, 1.807) is 81.4 Å². The highest BCUT2D eigenvalue weighted by Crippen LogP contribution is 2.22. The van der Waals surface area contributed by atoms with Crippen LogP contribution in [0.4, 0.5) is 4.79 Å². The van der Waals surface area contributed by atoms with Gasteiger partial charge in [0.05, 0.1) is 6.33 Å². The normalized spacial score (nSPS) is 23.1. The number of aromatic amines is 1. The second-order valence-electron chi connectivity index (χ2n) is 20.4. The number of phenols is 1. The summed E-state index contributed by atoms with van der Waals surface area (Å²) in [5.41, 5.74) is 2.40. The van der Waals surface area contributed by atoms with Gasteiger partial charge in [-0.2, -0.15) is 0 Å². The van der Waals surface area contributed by atoms with Crippen molar-refractivity contribution in [2.45, 2.75) is 147 Å². The molecule has 0 saturated carbocycles. The molecule has 22 heteroatoms. The molecule has 8 atom stereocenters. The van der Waals surface area contributed by atoms with Gasteiger partial charge in [0.2, 0.25) is 41.4 Å². The molecule has 22 nitrogen and oxygen atoms in total. The van der Waals surface area contributed by atoms with Crippen LogP contribution < -0.4 is 37.2 Å². The van der Waals surface area contributed by atoms with E-state index in [0.717, 1.165) is 0 Å². The second kappa shape index (κ2) is 30.0. The first-order valence-corrected chi connectivity index (χ1v) is 27.0. The van der Waals surface area contributed by atoms with Gasteiger partial charge < -0.3 is 61.7 Å². The third kappa shape index (κ3) is 18.4. The zero-order chi connectivity index (χ0) is 56.8. The van der Waals surface area contributed by atoms with Gasteiger partial charge in [0.15, 0.2) is 0 Å². The Bertz CT molecular complexity index is 2670. The number of H-pyrrole nitrogens is 1. The van der Waals surface area contributed by atoms with Crippen LogP contribution in [0.5, 0.6) is 5.75 Å². The maximum Gasteiger partial charge on any atom is 0.408 e. The van der Waals surface area contributed by atoms with Crippen LogP contribution in [0.2, 0.25) is 0 Å². The smallest absolute Gasteiger partial charge is 0.408 e. The van der Waals surface area contributed by atoms with E-state index in [4.69, 9.17) is 9.47 Å². The number of esters is 1. The molecule has 3 heterocycles. The van der Waals surface area contributed by atoms with E-state index in [9.17, 15) is 48.3 Å². The maximum absolute atomic E-state index is 14.8. The Hall–Kier alpha value is -8.30. The quantitative estimate of drug-likeness (QED) is 0.0871. The molecule has 0 radical (unpaired) electrons. The lowest BCUT2D eigenvalue weighted by molar-refractivity contribution is -0.150. The number of hydrogen-bond acceptors (Lipinski definition) is 13. The molecule has 2 fully saturated rings. The summed E-state index contributed by atoms with van der Waals surface area (Å²) < 4.78 is 11.1. The van der Waals surface area contributed by atoms with Crippen LogP contribution in [-0.2, 0) is 73.9 Å². The fourth-order valence-corrected chi connectivity index (χ4v) is 9.25. The molecule has 0 unspecified atom stereocenters. The number of fused-ring (bicyclic) bond motifs is 1. The topological polar surface area (TPSA) is 308 Å². The second-order valence-corrected chi connectivity index (χ2v) is 20.4. The minimum Gasteiger partial charge on any atom is -0.508 e. The average molecular weight is 1090 g/mol. The van der Waals surface area contributed by atoms with E-state index in [0.29, 0.717) is 48.1 Å². The van der Waals surface area contributed by atoms with Crippen LogP contribution in [0.15, 0.2) is 97.5 Å². The molecule has 79 heavy (non-hydrogen) atoms. The molecule has 2 aliphatic rings. The number of alkyl carbamates (subject to hydrolysis) is 1. The van der Waals surface area contributed by atoms with E-state index < -0.39 is 108 Å². The molecule has 2 saturated heterocycles. The largest absolute Gasteiger partial charge is 0.508 e. The first-order valence-electron chi connectivity index (χ1n) is 27.0. The summed E-state index contributed by atoms with van der Waals surface area (Å²) in [7, 11) is 0. The van der Waals surface area contributed by atoms with E-state index >= 15 is 0 Å². The minimum atomic E-state index is -1.36. The van der Waals surface area contributed by atoms with Crippen LogP contribution in [-0.4, -0.2) is 129 Å². The summed E-state index contributed by atoms with van der Waals surface area (Å²) in [4.78, 5) is 136. The Morgan fingerprint density at radius 1 is 0.684 bits per heavy atom. The standard InChI is InChI=1S/C57H74N10O12/c1-5-36(4)49-54(74)63-45(30-40-31-58-34-60-40)55(75)67-28-14-20-46(67)52(72)61-43(56(76)78-32-38-15-8-6-9-16-38)25-26-47(69)59-27-13-12-19-42(64-57(77)79-33-39-17-10-7-11-18-39)50(70)65-48(35(2)3)53(73)62-44(51(71)66-49)29-37-21-23-41(68)24-22-37/h6-11,15-18,21-24,31,34-36,42-46,48-49,68H,5,12-14,19-20,25-30,32-33H2,1-4H3,(H,58,60)(H,59,69)(H,61,72)(H,62,73)(H,63,74)(H,64,77)(H,65,70)(H,66,71)/t36-,42-,43-,44-,45-,46-,48-,49-/m0/s1. The lowest BCUT2D eigenvalue weighted by Crippen LogP contribution is -2.62. The van der Waals surface area contributed by atoms with Crippen LogP contribution in [0.25, 0.3) is 0 Å². The number of carbonyl (C=O) groups excluding carboxylic acids is 9. The number of phenolic OH excluding ortho intramolecular Hbond substituents is 1. The Morgan fingerprint density at radius 2 is 1.33 bits per heavy atom. The van der Waals surface area contributed by atoms with E-state index in [1.165, 1.54) is 29.6 Å². The number of carbonyl (C=O) groups is 9. The van der Waals surface area contributed by atoms with Crippen molar-refractivity contribution in [1.82, 2.24) is 52.1 Å². The highest BCUT2D eigenvalue weighted by atomic mass is 16.5. The van der Waals surface area contributed by atoms with Gasteiger partial charge in [0.25, 0.3) is 0 Å². The number of hydrogen-bond donors (Lipinski definition) is 9. The van der Waals surface area contributed by atoms with Crippen molar-refractivity contribution >= 4 is 53.4 Å². The van der Waals surface area contributed by atoms with Crippen LogP contribution in [0, 0.1) is 11.8 Å². The number of nitrogens with one attached hydrogen (secondary N) is 8. The number of ether oxygens (including phenoxy) is 2. The number of amides is 8. The van der Waals surface area contributed by atoms with Crippen molar-refractivity contribution in [2.75, 3.05) is 13.1 Å². The number of benzene rings is 3. The number of nitrogens with zero attached hydrogens (tertiary/aromatic N) is 2. The Balaban J connectivity index is 1.32. The molecule has 4 aromatic rings. The van der Waals surface area contributed by atoms with E-state index in [2.05, 4.69) is 47.2 Å². The predicted molar refractivity (Wildman–Crippen MR) is 289 cm³/mol. The lowest BCUT2D eigenvalue weighted by Gasteiger charge is -2.32. The van der Waals surface area contributed by atoms with Crippen molar-refractivity contribution in [2.24, 2.45) is 11.8 Å². The summed E-state index contributed by atoms with van der Waals surface area (Å²) in [5.74, 6) is -6.65. The van der Waals surface area contributed by atoms with Crippen LogP contribution >= 0.6 is 0 Å². The summed E-state index contributed by atoms with van der Waals surface area (Å²) >= 11 is 0. The van der Waals surface area contributed by atoms with Gasteiger partial charge in [-0.25, -0.2) is 14.6 Å². The first-order chi connectivity index (χ1) is 38.0. The number of rotatable bonds is 13. The Labute approximate surface area is 459 Å². The van der Waals surface area contributed by atoms with Gasteiger partial charge in [-0.1, -0.05) is 107 Å². The highest BCUT2D eigenvalue weighted by molar-refractivity contribution is 5.98. The Morgan fingerprint density at radius 3 is 1.97 bits per heavy atom. The minimum absolute atomic E-state index is 0.0380. The van der Waals surface area contributed by atoms with Crippen LogP contribution in [0.1, 0.15) is 101 Å². The molecular weight excluding hydrogens is 1020 g/mol. The lowest BCUT2D eigenvalue weighted by atomic mass is 9.96. The summed E-state index contributed by atoms with van der Waals surface area (Å²) in [5, 5.41) is 29.5. The molecule has 8 amide bonds. The monoisotopic (exact) mass is 1090 g/mol. The molecule has 6 rings (SSSR count). The first kappa shape index (κ1) is 59.9. The maximum atomic E-state index is 14.8. The van der Waals surface area contributed by atoms with Gasteiger partial charge >= 0.3 is 12.1 Å². The third-order valence-corrected chi connectivity index (χ3v) is 14.0. The molecule has 0 aliphatic carbocycles. The summed E-state index contributed by atoms with van der Waals surface area (Å²) in [6.07, 6.45) is 3.11. The van der Waals surface area contributed by atoms with Gasteiger partial charge in [0.1, 0.15) is 61.3 Å². The van der Waals surface area contributed by atoms with E-state index in [1.807, 2.05) is 19.1 Å². The fraction of sp³-hybridized carbons (Fsp3) is 0.474. The van der Waals surface area contributed by atoms with Crippen molar-refractivity contribution in [3.63, 3.8) is 0 Å². The number of imidazole rings is 1.